The number of hydrogen-bond acceptors (Lipinski definition) is 6. The van der Waals surface area contributed by atoms with E-state index < -0.39 is 54.9 Å². The molecule has 0 unspecified atom stereocenters. The summed E-state index contributed by atoms with van der Waals surface area (Å²) in [6.45, 7) is -0.304. The van der Waals surface area contributed by atoms with E-state index in [1.54, 1.807) is 0 Å². The van der Waals surface area contributed by atoms with Crippen molar-refractivity contribution in [3.63, 3.8) is 0 Å². The Morgan fingerprint density at radius 1 is 1.27 bits per heavy atom. The lowest BCUT2D eigenvalue weighted by Gasteiger charge is -2.27. The Bertz CT molecular complexity index is 468. The van der Waals surface area contributed by atoms with Crippen molar-refractivity contribution in [3.8, 4) is 0 Å². The number of aliphatic carboxylic acids is 2. The summed E-state index contributed by atoms with van der Waals surface area (Å²) in [5, 5.41) is 28.5. The van der Waals surface area contributed by atoms with Gasteiger partial charge in [-0.05, 0) is 12.8 Å². The van der Waals surface area contributed by atoms with Crippen molar-refractivity contribution in [2.75, 3.05) is 13.2 Å². The Balaban J connectivity index is 2.76. The van der Waals surface area contributed by atoms with Crippen LogP contribution in [0.25, 0.3) is 0 Å². The molecule has 1 fully saturated rings. The summed E-state index contributed by atoms with van der Waals surface area (Å²) in [5.74, 6) is -4.19. The van der Waals surface area contributed by atoms with Crippen LogP contribution < -0.4 is 11.1 Å². The van der Waals surface area contributed by atoms with Gasteiger partial charge in [-0.2, -0.15) is 0 Å². The molecule has 6 N–H and O–H groups in total. The van der Waals surface area contributed by atoms with Gasteiger partial charge in [0.2, 0.25) is 11.8 Å². The molecule has 124 valence electrons. The number of hydrogen-bond donors (Lipinski definition) is 5. The number of carbonyl (C=O) groups excluding carboxylic acids is 2. The molecule has 0 aliphatic carbocycles. The lowest BCUT2D eigenvalue weighted by molar-refractivity contribution is -0.148. The Morgan fingerprint density at radius 3 is 2.41 bits per heavy atom. The van der Waals surface area contributed by atoms with Crippen molar-refractivity contribution >= 4 is 23.8 Å². The third kappa shape index (κ3) is 4.40. The molecule has 22 heavy (non-hydrogen) atoms. The average Bonchev–Trinajstić information content (AvgIpc) is 2.93. The fourth-order valence-electron chi connectivity index (χ4n) is 2.24. The number of carboxylic acid groups (broad SMARTS) is 2. The number of aliphatic hydroxyl groups excluding tert-OH is 1. The first-order chi connectivity index (χ1) is 10.3. The zero-order chi connectivity index (χ0) is 16.9. The van der Waals surface area contributed by atoms with E-state index in [2.05, 4.69) is 5.32 Å². The summed E-state index contributed by atoms with van der Waals surface area (Å²) in [6.07, 6.45) is 0.0751. The summed E-state index contributed by atoms with van der Waals surface area (Å²) in [5.41, 5.74) is 5.43. The van der Waals surface area contributed by atoms with Gasteiger partial charge < -0.3 is 31.3 Å². The van der Waals surface area contributed by atoms with Crippen LogP contribution in [0.2, 0.25) is 0 Å². The van der Waals surface area contributed by atoms with E-state index in [-0.39, 0.29) is 6.54 Å². The second-order valence-corrected chi connectivity index (χ2v) is 4.98. The summed E-state index contributed by atoms with van der Waals surface area (Å²) >= 11 is 0. The van der Waals surface area contributed by atoms with Gasteiger partial charge in [0.15, 0.2) is 0 Å². The van der Waals surface area contributed by atoms with E-state index in [1.165, 1.54) is 4.90 Å². The van der Waals surface area contributed by atoms with E-state index in [1.807, 2.05) is 0 Å². The maximum Gasteiger partial charge on any atom is 0.326 e. The standard InChI is InChI=1S/C12H19N3O7/c13-6(5-16)11(20)15-3-1-2-8(15)10(19)14-7(12(21)22)4-9(17)18/h6-8,16H,1-5,13H2,(H,14,19)(H,17,18)(H,21,22)/t6-,7-,8-/m0/s1. The Morgan fingerprint density at radius 2 is 1.91 bits per heavy atom. The van der Waals surface area contributed by atoms with Crippen molar-refractivity contribution in [3.05, 3.63) is 0 Å². The first-order valence-electron chi connectivity index (χ1n) is 6.69. The number of nitrogens with one attached hydrogen (secondary N) is 1. The van der Waals surface area contributed by atoms with Crippen LogP contribution in [0.15, 0.2) is 0 Å². The summed E-state index contributed by atoms with van der Waals surface area (Å²) in [4.78, 5) is 46.8. The molecule has 1 aliphatic rings. The third-order valence-electron chi connectivity index (χ3n) is 3.35. The number of nitrogens with zero attached hydrogens (tertiary/aromatic N) is 1. The molecule has 0 aromatic carbocycles. The monoisotopic (exact) mass is 317 g/mol. The van der Waals surface area contributed by atoms with Crippen LogP contribution in [0.5, 0.6) is 0 Å². The highest BCUT2D eigenvalue weighted by Gasteiger charge is 2.37. The molecule has 0 bridgehead atoms. The minimum absolute atomic E-state index is 0.265. The van der Waals surface area contributed by atoms with Gasteiger partial charge in [0.05, 0.1) is 13.0 Å². The first-order valence-corrected chi connectivity index (χ1v) is 6.69. The van der Waals surface area contributed by atoms with Gasteiger partial charge in [0.25, 0.3) is 0 Å². The van der Waals surface area contributed by atoms with Gasteiger partial charge in [-0.1, -0.05) is 0 Å². The maximum atomic E-state index is 12.1. The third-order valence-corrected chi connectivity index (χ3v) is 3.35. The van der Waals surface area contributed by atoms with E-state index in [0.717, 1.165) is 0 Å². The Kier molecular flexibility index (Phi) is 6.25. The molecule has 1 aliphatic heterocycles. The second-order valence-electron chi connectivity index (χ2n) is 4.98. The molecule has 0 spiro atoms. The molecule has 0 saturated carbocycles. The topological polar surface area (TPSA) is 170 Å². The van der Waals surface area contributed by atoms with Crippen LogP contribution in [-0.4, -0.2) is 75.2 Å². The van der Waals surface area contributed by atoms with Crippen LogP contribution in [0.4, 0.5) is 0 Å². The zero-order valence-electron chi connectivity index (χ0n) is 11.8. The number of likely N-dealkylation sites (tertiary alicyclic amines) is 1. The number of amides is 2. The lowest BCUT2D eigenvalue weighted by atomic mass is 10.1. The zero-order valence-corrected chi connectivity index (χ0v) is 11.8. The van der Waals surface area contributed by atoms with Gasteiger partial charge in [-0.3, -0.25) is 14.4 Å². The van der Waals surface area contributed by atoms with E-state index in [0.29, 0.717) is 12.8 Å². The second kappa shape index (κ2) is 7.71. The first kappa shape index (κ1) is 17.9. The smallest absolute Gasteiger partial charge is 0.326 e. The predicted molar refractivity (Wildman–Crippen MR) is 71.6 cm³/mol. The molecule has 2 amide bonds. The minimum Gasteiger partial charge on any atom is -0.481 e. The summed E-state index contributed by atoms with van der Waals surface area (Å²) < 4.78 is 0. The molecule has 1 rings (SSSR count). The van der Waals surface area contributed by atoms with Crippen LogP contribution in [0.3, 0.4) is 0 Å². The molecule has 0 aromatic rings. The molecule has 3 atom stereocenters. The quantitative estimate of drug-likeness (QED) is 0.338. The molecule has 1 heterocycles. The molecular formula is C12H19N3O7. The van der Waals surface area contributed by atoms with E-state index in [9.17, 15) is 19.2 Å². The highest BCUT2D eigenvalue weighted by Crippen LogP contribution is 2.18. The highest BCUT2D eigenvalue weighted by atomic mass is 16.4. The van der Waals surface area contributed by atoms with Crippen LogP contribution >= 0.6 is 0 Å². The molecule has 0 aromatic heterocycles. The predicted octanol–water partition coefficient (Wildman–Crippen LogP) is -2.66. The Hall–Kier alpha value is -2.20. The Labute approximate surface area is 125 Å². The fraction of sp³-hybridized carbons (Fsp3) is 0.667. The minimum atomic E-state index is -1.57. The molecule has 0 radical (unpaired) electrons. The number of carbonyl (C=O) groups is 4. The van der Waals surface area contributed by atoms with Crippen LogP contribution in [0, 0.1) is 0 Å². The van der Waals surface area contributed by atoms with Crippen LogP contribution in [-0.2, 0) is 19.2 Å². The fourth-order valence-corrected chi connectivity index (χ4v) is 2.24. The van der Waals surface area contributed by atoms with Gasteiger partial charge in [0, 0.05) is 6.54 Å². The number of rotatable bonds is 7. The van der Waals surface area contributed by atoms with Crippen LogP contribution in [0.1, 0.15) is 19.3 Å². The van der Waals surface area contributed by atoms with Crippen molar-refractivity contribution in [1.29, 1.82) is 0 Å². The molecular weight excluding hydrogens is 298 g/mol. The van der Waals surface area contributed by atoms with Gasteiger partial charge >= 0.3 is 11.9 Å². The number of carboxylic acids is 2. The number of aliphatic hydroxyl groups is 1. The normalized spacial score (nSPS) is 20.3. The molecule has 10 nitrogen and oxygen atoms in total. The lowest BCUT2D eigenvalue weighted by Crippen LogP contribution is -2.54. The van der Waals surface area contributed by atoms with E-state index >= 15 is 0 Å². The van der Waals surface area contributed by atoms with Crippen molar-refractivity contribution in [1.82, 2.24) is 10.2 Å². The van der Waals surface area contributed by atoms with Gasteiger partial charge in [0.1, 0.15) is 18.1 Å². The van der Waals surface area contributed by atoms with E-state index in [4.69, 9.17) is 21.1 Å². The SMILES string of the molecule is N[C@@H](CO)C(=O)N1CCC[C@H]1C(=O)N[C@@H](CC(=O)O)C(=O)O. The summed E-state index contributed by atoms with van der Waals surface area (Å²) in [6, 6.07) is -3.64. The van der Waals surface area contributed by atoms with Gasteiger partial charge in [-0.15, -0.1) is 0 Å². The largest absolute Gasteiger partial charge is 0.481 e. The average molecular weight is 317 g/mol. The van der Waals surface area contributed by atoms with Gasteiger partial charge in [-0.25, -0.2) is 4.79 Å². The summed E-state index contributed by atoms with van der Waals surface area (Å²) in [7, 11) is 0. The van der Waals surface area contributed by atoms with Crippen molar-refractivity contribution in [2.45, 2.75) is 37.4 Å². The van der Waals surface area contributed by atoms with Crippen molar-refractivity contribution < 1.29 is 34.5 Å². The molecule has 1 saturated heterocycles. The van der Waals surface area contributed by atoms with Crippen molar-refractivity contribution in [2.24, 2.45) is 5.73 Å². The molecule has 10 heteroatoms. The number of nitrogens with two attached hydrogens (primary N) is 1. The highest BCUT2D eigenvalue weighted by molar-refractivity contribution is 5.93. The maximum absolute atomic E-state index is 12.1.